The Hall–Kier alpha value is -1.56. The second kappa shape index (κ2) is 7.34. The summed E-state index contributed by atoms with van der Waals surface area (Å²) in [5, 5.41) is 5.70. The third-order valence-corrected chi connectivity index (χ3v) is 5.92. The smallest absolute Gasteiger partial charge is 0.315 e. The number of urea groups is 1. The van der Waals surface area contributed by atoms with E-state index in [1.54, 1.807) is 0 Å². The molecule has 0 aromatic heterocycles. The predicted octanol–water partition coefficient (Wildman–Crippen LogP) is 1.97. The molecule has 1 aliphatic heterocycles. The molecule has 1 fully saturated rings. The SMILES string of the molecule is Cc1cc(C)cc(C[C@H](C)NC(=O)NC[C@H]2CCS(=O)(=O)C2)c1. The van der Waals surface area contributed by atoms with Crippen LogP contribution in [0.4, 0.5) is 4.79 Å². The fraction of sp³-hybridized carbons (Fsp3) is 0.588. The monoisotopic (exact) mass is 338 g/mol. The molecule has 1 aromatic carbocycles. The van der Waals surface area contributed by atoms with Crippen molar-refractivity contribution in [2.75, 3.05) is 18.1 Å². The standard InChI is InChI=1S/C17H26N2O3S/c1-12-6-13(2)8-16(7-12)9-14(3)19-17(20)18-10-15-4-5-23(21,22)11-15/h6-8,14-15H,4-5,9-11H2,1-3H3,(H2,18,19,20)/t14-,15+/m0/s1. The van der Waals surface area contributed by atoms with E-state index in [4.69, 9.17) is 0 Å². The van der Waals surface area contributed by atoms with Gasteiger partial charge in [-0.25, -0.2) is 13.2 Å². The minimum Gasteiger partial charge on any atom is -0.338 e. The van der Waals surface area contributed by atoms with Gasteiger partial charge >= 0.3 is 6.03 Å². The number of nitrogens with one attached hydrogen (secondary N) is 2. The van der Waals surface area contributed by atoms with Gasteiger partial charge in [0.1, 0.15) is 0 Å². The van der Waals surface area contributed by atoms with Crippen LogP contribution in [0.2, 0.25) is 0 Å². The van der Waals surface area contributed by atoms with Gasteiger partial charge in [0.2, 0.25) is 0 Å². The molecule has 1 aliphatic rings. The molecule has 6 heteroatoms. The third-order valence-electron chi connectivity index (χ3n) is 4.08. The number of amides is 2. The molecule has 0 radical (unpaired) electrons. The molecule has 1 saturated heterocycles. The van der Waals surface area contributed by atoms with E-state index in [1.165, 1.54) is 16.7 Å². The van der Waals surface area contributed by atoms with E-state index in [0.717, 1.165) is 6.42 Å². The molecule has 5 nitrogen and oxygen atoms in total. The average molecular weight is 338 g/mol. The Kier molecular flexibility index (Phi) is 5.68. The molecule has 0 spiro atoms. The summed E-state index contributed by atoms with van der Waals surface area (Å²) in [6.07, 6.45) is 1.41. The topological polar surface area (TPSA) is 75.3 Å². The molecule has 2 amide bonds. The minimum absolute atomic E-state index is 0.0171. The number of rotatable bonds is 5. The lowest BCUT2D eigenvalue weighted by Gasteiger charge is -2.16. The number of carbonyl (C=O) groups excluding carboxylic acids is 1. The zero-order chi connectivity index (χ0) is 17.0. The first kappa shape index (κ1) is 17.8. The molecule has 2 rings (SSSR count). The van der Waals surface area contributed by atoms with Crippen LogP contribution in [0.15, 0.2) is 18.2 Å². The maximum Gasteiger partial charge on any atom is 0.315 e. The number of benzene rings is 1. The summed E-state index contributed by atoms with van der Waals surface area (Å²) in [5.74, 6) is 0.468. The Morgan fingerprint density at radius 1 is 1.26 bits per heavy atom. The van der Waals surface area contributed by atoms with Crippen molar-refractivity contribution in [3.63, 3.8) is 0 Å². The van der Waals surface area contributed by atoms with E-state index in [9.17, 15) is 13.2 Å². The summed E-state index contributed by atoms with van der Waals surface area (Å²) >= 11 is 0. The molecular formula is C17H26N2O3S. The van der Waals surface area contributed by atoms with Crippen LogP contribution in [-0.2, 0) is 16.3 Å². The van der Waals surface area contributed by atoms with Crippen LogP contribution < -0.4 is 10.6 Å². The summed E-state index contributed by atoms with van der Waals surface area (Å²) in [6, 6.07) is 6.18. The lowest BCUT2D eigenvalue weighted by molar-refractivity contribution is 0.236. The summed E-state index contributed by atoms with van der Waals surface area (Å²) in [5.41, 5.74) is 3.65. The van der Waals surface area contributed by atoms with Crippen molar-refractivity contribution in [3.05, 3.63) is 34.9 Å². The van der Waals surface area contributed by atoms with E-state index >= 15 is 0 Å². The van der Waals surface area contributed by atoms with Gasteiger partial charge in [-0.05, 0) is 45.1 Å². The molecule has 0 unspecified atom stereocenters. The normalized spacial score (nSPS) is 20.9. The lowest BCUT2D eigenvalue weighted by atomic mass is 10.0. The van der Waals surface area contributed by atoms with Gasteiger partial charge in [-0.1, -0.05) is 29.3 Å². The Morgan fingerprint density at radius 3 is 2.48 bits per heavy atom. The number of hydrogen-bond acceptors (Lipinski definition) is 3. The highest BCUT2D eigenvalue weighted by atomic mass is 32.2. The molecule has 0 aliphatic carbocycles. The first-order chi connectivity index (χ1) is 10.7. The van der Waals surface area contributed by atoms with Gasteiger partial charge in [-0.3, -0.25) is 0 Å². The number of sulfone groups is 1. The van der Waals surface area contributed by atoms with Crippen LogP contribution in [-0.4, -0.2) is 38.5 Å². The van der Waals surface area contributed by atoms with Gasteiger partial charge in [-0.15, -0.1) is 0 Å². The van der Waals surface area contributed by atoms with Gasteiger partial charge in [0.25, 0.3) is 0 Å². The number of aryl methyl sites for hydroxylation is 2. The van der Waals surface area contributed by atoms with Gasteiger partial charge in [0.05, 0.1) is 11.5 Å². The van der Waals surface area contributed by atoms with E-state index in [2.05, 4.69) is 42.7 Å². The molecular weight excluding hydrogens is 312 g/mol. The Bertz CT molecular complexity index is 650. The summed E-state index contributed by atoms with van der Waals surface area (Å²) in [6.45, 7) is 6.52. The largest absolute Gasteiger partial charge is 0.338 e. The second-order valence-electron chi connectivity index (χ2n) is 6.72. The Labute approximate surface area is 138 Å². The van der Waals surface area contributed by atoms with Crippen molar-refractivity contribution in [3.8, 4) is 0 Å². The van der Waals surface area contributed by atoms with Crippen LogP contribution >= 0.6 is 0 Å². The molecule has 1 heterocycles. The van der Waals surface area contributed by atoms with Crippen molar-refractivity contribution >= 4 is 15.9 Å². The molecule has 1 aromatic rings. The first-order valence-electron chi connectivity index (χ1n) is 8.05. The molecule has 0 bridgehead atoms. The maximum absolute atomic E-state index is 11.9. The Balaban J connectivity index is 1.76. The van der Waals surface area contributed by atoms with Gasteiger partial charge in [0, 0.05) is 12.6 Å². The highest BCUT2D eigenvalue weighted by molar-refractivity contribution is 7.91. The molecule has 0 saturated carbocycles. The quantitative estimate of drug-likeness (QED) is 0.862. The van der Waals surface area contributed by atoms with E-state index < -0.39 is 9.84 Å². The van der Waals surface area contributed by atoms with Crippen molar-refractivity contribution in [2.24, 2.45) is 5.92 Å². The average Bonchev–Trinajstić information content (AvgIpc) is 2.74. The summed E-state index contributed by atoms with van der Waals surface area (Å²) < 4.78 is 22.8. The summed E-state index contributed by atoms with van der Waals surface area (Å²) in [4.78, 5) is 11.9. The number of hydrogen-bond donors (Lipinski definition) is 2. The zero-order valence-corrected chi connectivity index (χ0v) is 14.9. The van der Waals surface area contributed by atoms with Crippen LogP contribution in [0.25, 0.3) is 0 Å². The lowest BCUT2D eigenvalue weighted by Crippen LogP contribution is -2.43. The van der Waals surface area contributed by atoms with Gasteiger partial charge in [-0.2, -0.15) is 0 Å². The first-order valence-corrected chi connectivity index (χ1v) is 9.87. The molecule has 2 atom stereocenters. The van der Waals surface area contributed by atoms with E-state index in [1.807, 2.05) is 6.92 Å². The summed E-state index contributed by atoms with van der Waals surface area (Å²) in [7, 11) is -2.89. The zero-order valence-electron chi connectivity index (χ0n) is 14.1. The van der Waals surface area contributed by atoms with Crippen LogP contribution in [0.3, 0.4) is 0 Å². The van der Waals surface area contributed by atoms with Gasteiger partial charge in [0.15, 0.2) is 9.84 Å². The maximum atomic E-state index is 11.9. The van der Waals surface area contributed by atoms with Crippen LogP contribution in [0.5, 0.6) is 0 Å². The highest BCUT2D eigenvalue weighted by Crippen LogP contribution is 2.17. The van der Waals surface area contributed by atoms with Crippen molar-refractivity contribution < 1.29 is 13.2 Å². The molecule has 128 valence electrons. The molecule has 2 N–H and O–H groups in total. The number of carbonyl (C=O) groups is 1. The fourth-order valence-corrected chi connectivity index (χ4v) is 5.00. The van der Waals surface area contributed by atoms with Crippen LogP contribution in [0.1, 0.15) is 30.0 Å². The van der Waals surface area contributed by atoms with Crippen molar-refractivity contribution in [1.82, 2.24) is 10.6 Å². The van der Waals surface area contributed by atoms with Crippen LogP contribution in [0, 0.1) is 19.8 Å². The molecule has 23 heavy (non-hydrogen) atoms. The Morgan fingerprint density at radius 2 is 1.91 bits per heavy atom. The third kappa shape index (κ3) is 5.86. The second-order valence-corrected chi connectivity index (χ2v) is 8.95. The predicted molar refractivity (Wildman–Crippen MR) is 92.4 cm³/mol. The van der Waals surface area contributed by atoms with E-state index in [0.29, 0.717) is 13.0 Å². The fourth-order valence-electron chi connectivity index (χ4n) is 3.14. The van der Waals surface area contributed by atoms with Crippen molar-refractivity contribution in [1.29, 1.82) is 0 Å². The van der Waals surface area contributed by atoms with E-state index in [-0.39, 0.29) is 29.5 Å². The van der Waals surface area contributed by atoms with Crippen molar-refractivity contribution in [2.45, 2.75) is 39.7 Å². The van der Waals surface area contributed by atoms with Gasteiger partial charge < -0.3 is 10.6 Å². The minimum atomic E-state index is -2.89. The highest BCUT2D eigenvalue weighted by Gasteiger charge is 2.27.